The normalized spacial score (nSPS) is 8.58. The van der Waals surface area contributed by atoms with Crippen molar-refractivity contribution in [3.05, 3.63) is 29.8 Å². The van der Waals surface area contributed by atoms with E-state index in [9.17, 15) is 4.79 Å². The van der Waals surface area contributed by atoms with Crippen LogP contribution in [-0.4, -0.2) is 12.8 Å². The van der Waals surface area contributed by atoms with Crippen molar-refractivity contribution in [1.29, 1.82) is 5.26 Å². The quantitative estimate of drug-likeness (QED) is 0.537. The van der Waals surface area contributed by atoms with Crippen LogP contribution in [-0.2, 0) is 0 Å². The highest BCUT2D eigenvalue weighted by Gasteiger charge is 1.96. The van der Waals surface area contributed by atoms with Gasteiger partial charge in [-0.3, -0.25) is 4.79 Å². The van der Waals surface area contributed by atoms with Gasteiger partial charge in [-0.2, -0.15) is 5.26 Å². The molecule has 0 aliphatic carbocycles. The third-order valence-corrected chi connectivity index (χ3v) is 1.45. The number of aldehydes is 1. The minimum Gasteiger partial charge on any atom is -0.372 e. The van der Waals surface area contributed by atoms with Crippen LogP contribution < -0.4 is 5.32 Å². The molecule has 0 fully saturated rings. The summed E-state index contributed by atoms with van der Waals surface area (Å²) in [6.07, 6.45) is 0.764. The summed E-state index contributed by atoms with van der Waals surface area (Å²) in [6.45, 7) is 0.213. The average Bonchev–Trinajstić information content (AvgIpc) is 2.15. The lowest BCUT2D eigenvalue weighted by molar-refractivity contribution is 0.112. The van der Waals surface area contributed by atoms with Crippen molar-refractivity contribution in [3.63, 3.8) is 0 Å². The lowest BCUT2D eigenvalue weighted by atomic mass is 10.2. The van der Waals surface area contributed by atoms with Crippen LogP contribution in [0.1, 0.15) is 10.4 Å². The molecule has 0 amide bonds. The van der Waals surface area contributed by atoms with Gasteiger partial charge in [-0.1, -0.05) is 12.1 Å². The van der Waals surface area contributed by atoms with E-state index in [0.29, 0.717) is 11.3 Å². The predicted molar refractivity (Wildman–Crippen MR) is 45.9 cm³/mol. The van der Waals surface area contributed by atoms with Crippen molar-refractivity contribution < 1.29 is 4.79 Å². The molecule has 3 nitrogen and oxygen atoms in total. The van der Waals surface area contributed by atoms with E-state index in [1.807, 2.05) is 12.1 Å². The molecule has 60 valence electrons. The number of carbonyl (C=O) groups excluding carboxylic acids is 1. The van der Waals surface area contributed by atoms with Gasteiger partial charge in [0, 0.05) is 11.3 Å². The zero-order chi connectivity index (χ0) is 8.81. The van der Waals surface area contributed by atoms with Crippen molar-refractivity contribution >= 4 is 12.0 Å². The minimum absolute atomic E-state index is 0.213. The van der Waals surface area contributed by atoms with E-state index >= 15 is 0 Å². The monoisotopic (exact) mass is 160 g/mol. The van der Waals surface area contributed by atoms with Crippen LogP contribution in [0.25, 0.3) is 0 Å². The molecule has 1 rings (SSSR count). The Kier molecular flexibility index (Phi) is 2.86. The fourth-order valence-corrected chi connectivity index (χ4v) is 0.896. The first-order chi connectivity index (χ1) is 5.88. The van der Waals surface area contributed by atoms with Gasteiger partial charge in [-0.25, -0.2) is 0 Å². The van der Waals surface area contributed by atoms with Gasteiger partial charge in [-0.05, 0) is 12.1 Å². The van der Waals surface area contributed by atoms with Gasteiger partial charge >= 0.3 is 0 Å². The average molecular weight is 160 g/mol. The topological polar surface area (TPSA) is 52.9 Å². The molecule has 0 bridgehead atoms. The standard InChI is InChI=1S/C9H8N2O/c10-5-6-11-9-4-2-1-3-8(9)7-12/h1-4,7,11H,6H2. The molecule has 0 aliphatic heterocycles. The molecular formula is C9H8N2O. The fourth-order valence-electron chi connectivity index (χ4n) is 0.896. The van der Waals surface area contributed by atoms with Gasteiger partial charge in [-0.15, -0.1) is 0 Å². The number of carbonyl (C=O) groups is 1. The van der Waals surface area contributed by atoms with Gasteiger partial charge in [0.15, 0.2) is 6.29 Å². The molecule has 0 saturated carbocycles. The number of nitriles is 1. The molecule has 0 aliphatic rings. The van der Waals surface area contributed by atoms with Crippen molar-refractivity contribution in [2.75, 3.05) is 11.9 Å². The molecule has 1 aromatic carbocycles. The highest BCUT2D eigenvalue weighted by Crippen LogP contribution is 2.11. The molecule has 0 saturated heterocycles. The summed E-state index contributed by atoms with van der Waals surface area (Å²) in [6, 6.07) is 9.00. The first-order valence-electron chi connectivity index (χ1n) is 3.53. The number of nitrogens with zero attached hydrogens (tertiary/aromatic N) is 1. The smallest absolute Gasteiger partial charge is 0.152 e. The lowest BCUT2D eigenvalue weighted by Gasteiger charge is -2.02. The minimum atomic E-state index is 0.213. The molecule has 0 aromatic heterocycles. The van der Waals surface area contributed by atoms with Crippen molar-refractivity contribution in [2.24, 2.45) is 0 Å². The maximum absolute atomic E-state index is 10.5. The highest BCUT2D eigenvalue weighted by atomic mass is 16.1. The first-order valence-corrected chi connectivity index (χ1v) is 3.53. The Morgan fingerprint density at radius 1 is 1.50 bits per heavy atom. The molecule has 0 spiro atoms. The number of benzene rings is 1. The maximum Gasteiger partial charge on any atom is 0.152 e. The third-order valence-electron chi connectivity index (χ3n) is 1.45. The maximum atomic E-state index is 10.5. The number of nitrogens with one attached hydrogen (secondary N) is 1. The summed E-state index contributed by atoms with van der Waals surface area (Å²) in [5.74, 6) is 0. The number of hydrogen-bond donors (Lipinski definition) is 1. The Hall–Kier alpha value is -1.82. The van der Waals surface area contributed by atoms with Crippen LogP contribution in [0.4, 0.5) is 5.69 Å². The van der Waals surface area contributed by atoms with Gasteiger partial charge in [0.1, 0.15) is 6.54 Å². The first kappa shape index (κ1) is 8.28. The molecule has 0 unspecified atom stereocenters. The van der Waals surface area contributed by atoms with Crippen LogP contribution in [0.2, 0.25) is 0 Å². The molecule has 0 atom stereocenters. The Labute approximate surface area is 70.6 Å². The van der Waals surface area contributed by atoms with E-state index < -0.39 is 0 Å². The second-order valence-electron chi connectivity index (χ2n) is 2.22. The molecule has 1 aromatic rings. The lowest BCUT2D eigenvalue weighted by Crippen LogP contribution is -2.00. The second kappa shape index (κ2) is 4.14. The fraction of sp³-hybridized carbons (Fsp3) is 0.111. The summed E-state index contributed by atoms with van der Waals surface area (Å²) >= 11 is 0. The highest BCUT2D eigenvalue weighted by molar-refractivity contribution is 5.84. The number of para-hydroxylation sites is 1. The van der Waals surface area contributed by atoms with E-state index in [1.54, 1.807) is 18.2 Å². The van der Waals surface area contributed by atoms with Crippen molar-refractivity contribution in [1.82, 2.24) is 0 Å². The van der Waals surface area contributed by atoms with E-state index in [4.69, 9.17) is 5.26 Å². The number of rotatable bonds is 3. The number of hydrogen-bond acceptors (Lipinski definition) is 3. The van der Waals surface area contributed by atoms with E-state index in [-0.39, 0.29) is 6.54 Å². The van der Waals surface area contributed by atoms with Crippen LogP contribution in [0.3, 0.4) is 0 Å². The summed E-state index contributed by atoms with van der Waals surface area (Å²) < 4.78 is 0. The molecule has 0 radical (unpaired) electrons. The van der Waals surface area contributed by atoms with Crippen molar-refractivity contribution in [3.8, 4) is 6.07 Å². The summed E-state index contributed by atoms with van der Waals surface area (Å²) in [7, 11) is 0. The Morgan fingerprint density at radius 2 is 2.25 bits per heavy atom. The Bertz CT molecular complexity index is 315. The third kappa shape index (κ3) is 1.83. The van der Waals surface area contributed by atoms with Crippen LogP contribution >= 0.6 is 0 Å². The van der Waals surface area contributed by atoms with E-state index in [0.717, 1.165) is 6.29 Å². The second-order valence-corrected chi connectivity index (χ2v) is 2.22. The van der Waals surface area contributed by atoms with Crippen LogP contribution in [0.15, 0.2) is 24.3 Å². The van der Waals surface area contributed by atoms with E-state index in [2.05, 4.69) is 5.32 Å². The Balaban J connectivity index is 2.83. The summed E-state index contributed by atoms with van der Waals surface area (Å²) in [5.41, 5.74) is 1.28. The van der Waals surface area contributed by atoms with Crippen LogP contribution in [0, 0.1) is 11.3 Å². The molecular weight excluding hydrogens is 152 g/mol. The zero-order valence-electron chi connectivity index (χ0n) is 6.45. The van der Waals surface area contributed by atoms with Gasteiger partial charge < -0.3 is 5.32 Å². The Morgan fingerprint density at radius 3 is 2.92 bits per heavy atom. The summed E-state index contributed by atoms with van der Waals surface area (Å²) in [5, 5.41) is 11.1. The predicted octanol–water partition coefficient (Wildman–Crippen LogP) is 1.43. The van der Waals surface area contributed by atoms with Gasteiger partial charge in [0.25, 0.3) is 0 Å². The SMILES string of the molecule is N#CCNc1ccccc1C=O. The van der Waals surface area contributed by atoms with Crippen LogP contribution in [0.5, 0.6) is 0 Å². The zero-order valence-corrected chi connectivity index (χ0v) is 6.45. The van der Waals surface area contributed by atoms with Crippen molar-refractivity contribution in [2.45, 2.75) is 0 Å². The molecule has 3 heteroatoms. The van der Waals surface area contributed by atoms with Gasteiger partial charge in [0.2, 0.25) is 0 Å². The molecule has 1 N–H and O–H groups in total. The molecule has 12 heavy (non-hydrogen) atoms. The largest absolute Gasteiger partial charge is 0.372 e. The summed E-state index contributed by atoms with van der Waals surface area (Å²) in [4.78, 5) is 10.5. The van der Waals surface area contributed by atoms with E-state index in [1.165, 1.54) is 0 Å². The van der Waals surface area contributed by atoms with Gasteiger partial charge in [0.05, 0.1) is 6.07 Å². The number of anilines is 1. The molecule has 0 heterocycles.